The molecule has 92 valence electrons. The fourth-order valence-electron chi connectivity index (χ4n) is 1.24. The molecule has 0 bridgehead atoms. The average molecular weight is 257 g/mol. The Morgan fingerprint density at radius 3 is 2.82 bits per heavy atom. The third-order valence-corrected chi connectivity index (χ3v) is 2.45. The zero-order chi connectivity index (χ0) is 12.8. The summed E-state index contributed by atoms with van der Waals surface area (Å²) in [5.74, 6) is 0.437. The van der Waals surface area contributed by atoms with E-state index >= 15 is 0 Å². The van der Waals surface area contributed by atoms with Crippen LogP contribution in [0.2, 0.25) is 5.02 Å². The van der Waals surface area contributed by atoms with Gasteiger partial charge in [-0.1, -0.05) is 11.6 Å². The Balaban J connectivity index is 2.93. The largest absolute Gasteiger partial charge is 0.495 e. The lowest BCUT2D eigenvalue weighted by atomic mass is 10.1. The second kappa shape index (κ2) is 6.30. The van der Waals surface area contributed by atoms with E-state index in [1.54, 1.807) is 6.07 Å². The first-order valence-electron chi connectivity index (χ1n) is 4.92. The molecule has 0 spiro atoms. The van der Waals surface area contributed by atoms with Gasteiger partial charge in [-0.05, 0) is 6.07 Å². The van der Waals surface area contributed by atoms with E-state index in [2.05, 4.69) is 5.32 Å². The Kier molecular flexibility index (Phi) is 5.04. The van der Waals surface area contributed by atoms with Crippen LogP contribution in [-0.4, -0.2) is 36.6 Å². The van der Waals surface area contributed by atoms with Crippen LogP contribution in [0.5, 0.6) is 5.75 Å². The van der Waals surface area contributed by atoms with Gasteiger partial charge in [0, 0.05) is 12.6 Å². The minimum Gasteiger partial charge on any atom is -0.495 e. The van der Waals surface area contributed by atoms with E-state index in [9.17, 15) is 5.11 Å². The quantitative estimate of drug-likeness (QED) is 0.731. The first-order chi connectivity index (χ1) is 8.12. The summed E-state index contributed by atoms with van der Waals surface area (Å²) < 4.78 is 5.03. The van der Waals surface area contributed by atoms with Crippen molar-refractivity contribution in [3.63, 3.8) is 0 Å². The molecule has 3 N–H and O–H groups in total. The molecule has 0 radical (unpaired) electrons. The molecule has 1 rings (SSSR count). The van der Waals surface area contributed by atoms with Crippen molar-refractivity contribution < 1.29 is 14.9 Å². The summed E-state index contributed by atoms with van der Waals surface area (Å²) in [6.07, 6.45) is -0.886. The highest BCUT2D eigenvalue weighted by atomic mass is 35.5. The smallest absolute Gasteiger partial charge is 0.139 e. The molecule has 0 aromatic heterocycles. The Bertz CT molecular complexity index is 431. The summed E-state index contributed by atoms with van der Waals surface area (Å²) in [7, 11) is 1.47. The minimum atomic E-state index is -0.886. The van der Waals surface area contributed by atoms with Crippen LogP contribution in [0, 0.1) is 11.3 Å². The van der Waals surface area contributed by atoms with Crippen molar-refractivity contribution in [1.82, 2.24) is 0 Å². The maximum Gasteiger partial charge on any atom is 0.139 e. The van der Waals surface area contributed by atoms with Crippen LogP contribution in [0.15, 0.2) is 12.1 Å². The van der Waals surface area contributed by atoms with E-state index in [4.69, 9.17) is 26.7 Å². The third-order valence-electron chi connectivity index (χ3n) is 2.15. The standard InChI is InChI=1S/C11H13ClN2O3/c1-17-11-3-10(14-5-8(16)6-15)7(4-13)2-9(11)12/h2-3,8,14-16H,5-6H2,1H3. The topological polar surface area (TPSA) is 85.5 Å². The van der Waals surface area contributed by atoms with Crippen LogP contribution in [-0.2, 0) is 0 Å². The van der Waals surface area contributed by atoms with Gasteiger partial charge < -0.3 is 20.3 Å². The number of hydrogen-bond donors (Lipinski definition) is 3. The molecule has 0 saturated carbocycles. The van der Waals surface area contributed by atoms with Crippen molar-refractivity contribution in [1.29, 1.82) is 5.26 Å². The maximum absolute atomic E-state index is 9.21. The van der Waals surface area contributed by atoms with E-state index in [1.165, 1.54) is 13.2 Å². The van der Waals surface area contributed by atoms with Crippen LogP contribution < -0.4 is 10.1 Å². The number of anilines is 1. The minimum absolute atomic E-state index is 0.135. The SMILES string of the molecule is COc1cc(NCC(O)CO)c(C#N)cc1Cl. The van der Waals surface area contributed by atoms with E-state index in [0.29, 0.717) is 22.0 Å². The summed E-state index contributed by atoms with van der Waals surface area (Å²) in [4.78, 5) is 0. The molecule has 1 unspecified atom stereocenters. The number of ether oxygens (including phenoxy) is 1. The van der Waals surface area contributed by atoms with Crippen LogP contribution >= 0.6 is 11.6 Å². The normalized spacial score (nSPS) is 11.7. The zero-order valence-electron chi connectivity index (χ0n) is 9.27. The number of methoxy groups -OCH3 is 1. The number of nitrogens with one attached hydrogen (secondary N) is 1. The molecule has 17 heavy (non-hydrogen) atoms. The predicted octanol–water partition coefficient (Wildman–Crippen LogP) is 0.985. The first-order valence-corrected chi connectivity index (χ1v) is 5.30. The van der Waals surface area contributed by atoms with Crippen LogP contribution in [0.1, 0.15) is 5.56 Å². The third kappa shape index (κ3) is 3.49. The summed E-state index contributed by atoms with van der Waals surface area (Å²) in [6, 6.07) is 5.04. The van der Waals surface area contributed by atoms with Crippen molar-refractivity contribution in [2.24, 2.45) is 0 Å². The summed E-state index contributed by atoms with van der Waals surface area (Å²) in [5.41, 5.74) is 0.849. The highest BCUT2D eigenvalue weighted by Crippen LogP contribution is 2.30. The summed E-state index contributed by atoms with van der Waals surface area (Å²) >= 11 is 5.88. The molecule has 1 aromatic carbocycles. The number of aliphatic hydroxyl groups is 2. The fourth-order valence-corrected chi connectivity index (χ4v) is 1.48. The van der Waals surface area contributed by atoms with Gasteiger partial charge in [0.15, 0.2) is 0 Å². The van der Waals surface area contributed by atoms with Gasteiger partial charge in [0.1, 0.15) is 11.8 Å². The number of hydrogen-bond acceptors (Lipinski definition) is 5. The van der Waals surface area contributed by atoms with Gasteiger partial charge >= 0.3 is 0 Å². The summed E-state index contributed by atoms with van der Waals surface area (Å²) in [6.45, 7) is -0.213. The molecule has 0 aliphatic rings. The maximum atomic E-state index is 9.21. The highest BCUT2D eigenvalue weighted by Gasteiger charge is 2.10. The highest BCUT2D eigenvalue weighted by molar-refractivity contribution is 6.32. The number of benzene rings is 1. The molecule has 0 aliphatic heterocycles. The van der Waals surface area contributed by atoms with Crippen molar-refractivity contribution in [2.75, 3.05) is 25.6 Å². The number of aliphatic hydroxyl groups excluding tert-OH is 2. The molecular weight excluding hydrogens is 244 g/mol. The lowest BCUT2D eigenvalue weighted by molar-refractivity contribution is 0.105. The lowest BCUT2D eigenvalue weighted by Crippen LogP contribution is -2.23. The van der Waals surface area contributed by atoms with Crippen LogP contribution in [0.3, 0.4) is 0 Å². The van der Waals surface area contributed by atoms with Gasteiger partial charge in [0.25, 0.3) is 0 Å². The monoisotopic (exact) mass is 256 g/mol. The fraction of sp³-hybridized carbons (Fsp3) is 0.364. The van der Waals surface area contributed by atoms with Crippen molar-refractivity contribution in [3.8, 4) is 11.8 Å². The number of nitriles is 1. The predicted molar refractivity (Wildman–Crippen MR) is 64.3 cm³/mol. The average Bonchev–Trinajstić information content (AvgIpc) is 2.36. The van der Waals surface area contributed by atoms with E-state index in [-0.39, 0.29) is 13.2 Å². The first kappa shape index (κ1) is 13.6. The Morgan fingerprint density at radius 2 is 2.29 bits per heavy atom. The molecule has 0 amide bonds. The molecule has 5 nitrogen and oxygen atoms in total. The van der Waals surface area contributed by atoms with Gasteiger partial charge in [-0.2, -0.15) is 5.26 Å². The molecule has 0 heterocycles. The van der Waals surface area contributed by atoms with Crippen molar-refractivity contribution in [2.45, 2.75) is 6.10 Å². The van der Waals surface area contributed by atoms with Crippen molar-refractivity contribution in [3.05, 3.63) is 22.7 Å². The van der Waals surface area contributed by atoms with Gasteiger partial charge in [-0.15, -0.1) is 0 Å². The second-order valence-electron chi connectivity index (χ2n) is 3.36. The Hall–Kier alpha value is -1.48. The van der Waals surface area contributed by atoms with Crippen molar-refractivity contribution >= 4 is 17.3 Å². The molecule has 0 aliphatic carbocycles. The van der Waals surface area contributed by atoms with Crippen LogP contribution in [0.25, 0.3) is 0 Å². The molecular formula is C11H13ClN2O3. The molecule has 1 aromatic rings. The molecule has 0 saturated heterocycles. The van der Waals surface area contributed by atoms with E-state index in [1.807, 2.05) is 6.07 Å². The molecule has 0 fully saturated rings. The van der Waals surface area contributed by atoms with Gasteiger partial charge in [0.2, 0.25) is 0 Å². The number of rotatable bonds is 5. The number of nitrogens with zero attached hydrogens (tertiary/aromatic N) is 1. The van der Waals surface area contributed by atoms with Gasteiger partial charge in [-0.3, -0.25) is 0 Å². The Morgan fingerprint density at radius 1 is 1.59 bits per heavy atom. The molecule has 6 heteroatoms. The van der Waals surface area contributed by atoms with E-state index < -0.39 is 6.10 Å². The Labute approximate surface area is 104 Å². The van der Waals surface area contributed by atoms with Gasteiger partial charge in [-0.25, -0.2) is 0 Å². The van der Waals surface area contributed by atoms with Gasteiger partial charge in [0.05, 0.1) is 36.1 Å². The summed E-state index contributed by atoms with van der Waals surface area (Å²) in [5, 5.41) is 30.0. The number of halogens is 1. The second-order valence-corrected chi connectivity index (χ2v) is 3.77. The zero-order valence-corrected chi connectivity index (χ0v) is 10.0. The van der Waals surface area contributed by atoms with E-state index in [0.717, 1.165) is 0 Å². The molecule has 1 atom stereocenters. The lowest BCUT2D eigenvalue weighted by Gasteiger charge is -2.13. The van der Waals surface area contributed by atoms with Crippen LogP contribution in [0.4, 0.5) is 5.69 Å².